The molecule has 180 valence electrons. The van der Waals surface area contributed by atoms with Gasteiger partial charge in [0.1, 0.15) is 0 Å². The summed E-state index contributed by atoms with van der Waals surface area (Å²) in [5, 5.41) is 2.94. The molecule has 0 bridgehead atoms. The lowest BCUT2D eigenvalue weighted by Crippen LogP contribution is -2.41. The maximum Gasteiger partial charge on any atom is 0.244 e. The fraction of sp³-hybridized carbons (Fsp3) is 0.296. The summed E-state index contributed by atoms with van der Waals surface area (Å²) in [6, 6.07) is 18.8. The van der Waals surface area contributed by atoms with Gasteiger partial charge in [-0.3, -0.25) is 4.79 Å². The summed E-state index contributed by atoms with van der Waals surface area (Å²) in [4.78, 5) is 13.3. The molecule has 0 saturated heterocycles. The topological polar surface area (TPSA) is 66.5 Å². The first-order chi connectivity index (χ1) is 16.0. The van der Waals surface area contributed by atoms with Crippen molar-refractivity contribution in [3.63, 3.8) is 0 Å². The van der Waals surface area contributed by atoms with E-state index < -0.39 is 10.0 Å². The number of benzene rings is 3. The van der Waals surface area contributed by atoms with Crippen molar-refractivity contribution < 1.29 is 13.2 Å². The molecule has 3 aromatic carbocycles. The number of rotatable bonds is 8. The van der Waals surface area contributed by atoms with Gasteiger partial charge in [-0.25, -0.2) is 8.42 Å². The highest BCUT2D eigenvalue weighted by atomic mass is 79.9. The zero-order chi connectivity index (χ0) is 25.0. The van der Waals surface area contributed by atoms with Crippen LogP contribution in [0.2, 0.25) is 0 Å². The molecule has 0 heterocycles. The van der Waals surface area contributed by atoms with Crippen LogP contribution in [0.1, 0.15) is 46.3 Å². The predicted molar refractivity (Wildman–Crippen MR) is 140 cm³/mol. The van der Waals surface area contributed by atoms with E-state index in [9.17, 15) is 13.2 Å². The molecular formula is C27H31BrN2O3S. The van der Waals surface area contributed by atoms with E-state index in [1.165, 1.54) is 4.31 Å². The molecule has 0 saturated carbocycles. The third kappa shape index (κ3) is 6.34. The first kappa shape index (κ1) is 26.1. The van der Waals surface area contributed by atoms with Crippen molar-refractivity contribution in [3.05, 3.63) is 98.5 Å². The third-order valence-electron chi connectivity index (χ3n) is 5.73. The van der Waals surface area contributed by atoms with E-state index >= 15 is 0 Å². The molecule has 3 rings (SSSR count). The van der Waals surface area contributed by atoms with Crippen molar-refractivity contribution in [3.8, 4) is 0 Å². The number of aryl methyl sites for hydroxylation is 4. The lowest BCUT2D eigenvalue weighted by molar-refractivity contribution is -0.122. The smallest absolute Gasteiger partial charge is 0.244 e. The molecule has 0 fully saturated rings. The van der Waals surface area contributed by atoms with Gasteiger partial charge in [0.05, 0.1) is 17.5 Å². The van der Waals surface area contributed by atoms with Gasteiger partial charge < -0.3 is 5.32 Å². The summed E-state index contributed by atoms with van der Waals surface area (Å²) in [5.74, 6) is -0.356. The van der Waals surface area contributed by atoms with Gasteiger partial charge in [0.2, 0.25) is 15.9 Å². The van der Waals surface area contributed by atoms with Crippen molar-refractivity contribution in [1.29, 1.82) is 0 Å². The largest absolute Gasteiger partial charge is 0.348 e. The van der Waals surface area contributed by atoms with Crippen LogP contribution in [0.15, 0.2) is 70.0 Å². The molecule has 34 heavy (non-hydrogen) atoms. The number of amides is 1. The Balaban J connectivity index is 1.92. The zero-order valence-corrected chi connectivity index (χ0v) is 22.6. The van der Waals surface area contributed by atoms with E-state index in [1.807, 2.05) is 81.4 Å². The third-order valence-corrected chi connectivity index (χ3v) is 8.32. The number of halogens is 1. The maximum atomic E-state index is 13.8. The molecule has 5 nitrogen and oxygen atoms in total. The minimum absolute atomic E-state index is 0.105. The fourth-order valence-corrected chi connectivity index (χ4v) is 6.35. The molecule has 7 heteroatoms. The monoisotopic (exact) mass is 542 g/mol. The number of nitrogens with zero attached hydrogens (tertiary/aromatic N) is 1. The number of hydrogen-bond acceptors (Lipinski definition) is 3. The van der Waals surface area contributed by atoms with Crippen molar-refractivity contribution in [2.24, 2.45) is 0 Å². The van der Waals surface area contributed by atoms with Gasteiger partial charge in [-0.05, 0) is 69.0 Å². The van der Waals surface area contributed by atoms with E-state index in [4.69, 9.17) is 0 Å². The number of nitrogens with one attached hydrogen (secondary N) is 1. The minimum Gasteiger partial charge on any atom is -0.348 e. The van der Waals surface area contributed by atoms with E-state index in [0.29, 0.717) is 11.1 Å². The molecule has 0 aliphatic rings. The SMILES string of the molecule is Cc1ccc(CN(CC(=O)N[C@@H](C)c2cccc(Br)c2)S(=O)(=O)c2c(C)cc(C)cc2C)cc1. The second-order valence-corrected chi connectivity index (χ2v) is 11.6. The van der Waals surface area contributed by atoms with Crippen LogP contribution in [0.3, 0.4) is 0 Å². The Morgan fingerprint density at radius 1 is 0.941 bits per heavy atom. The molecule has 0 aliphatic heterocycles. The van der Waals surface area contributed by atoms with Crippen LogP contribution in [0, 0.1) is 27.7 Å². The van der Waals surface area contributed by atoms with E-state index in [2.05, 4.69) is 21.2 Å². The second kappa shape index (κ2) is 10.8. The molecule has 0 aromatic heterocycles. The van der Waals surface area contributed by atoms with Crippen molar-refractivity contribution in [1.82, 2.24) is 9.62 Å². The Labute approximate surface area is 211 Å². The molecular weight excluding hydrogens is 512 g/mol. The van der Waals surface area contributed by atoms with Gasteiger partial charge in [-0.15, -0.1) is 0 Å². The molecule has 0 radical (unpaired) electrons. The van der Waals surface area contributed by atoms with Crippen molar-refractivity contribution in [2.75, 3.05) is 6.54 Å². The van der Waals surface area contributed by atoms with Crippen LogP contribution in [0.5, 0.6) is 0 Å². The van der Waals surface area contributed by atoms with Gasteiger partial charge >= 0.3 is 0 Å². The summed E-state index contributed by atoms with van der Waals surface area (Å²) >= 11 is 3.45. The number of carbonyl (C=O) groups is 1. The molecule has 0 spiro atoms. The summed E-state index contributed by atoms with van der Waals surface area (Å²) in [6.45, 7) is 9.23. The highest BCUT2D eigenvalue weighted by Gasteiger charge is 2.30. The summed E-state index contributed by atoms with van der Waals surface area (Å²) in [6.07, 6.45) is 0. The van der Waals surface area contributed by atoms with Crippen molar-refractivity contribution >= 4 is 31.9 Å². The summed E-state index contributed by atoms with van der Waals surface area (Å²) < 4.78 is 29.9. The average molecular weight is 544 g/mol. The van der Waals surface area contributed by atoms with E-state index in [1.54, 1.807) is 13.8 Å². The summed E-state index contributed by atoms with van der Waals surface area (Å²) in [5.41, 5.74) is 5.19. The van der Waals surface area contributed by atoms with E-state index in [-0.39, 0.29) is 29.9 Å². The molecule has 0 aliphatic carbocycles. The molecule has 3 aromatic rings. The number of carbonyl (C=O) groups excluding carboxylic acids is 1. The normalized spacial score (nSPS) is 12.6. The first-order valence-electron chi connectivity index (χ1n) is 11.2. The molecule has 1 N–H and O–H groups in total. The Morgan fingerprint density at radius 3 is 2.15 bits per heavy atom. The minimum atomic E-state index is -3.92. The van der Waals surface area contributed by atoms with Crippen LogP contribution in [0.25, 0.3) is 0 Å². The van der Waals surface area contributed by atoms with Crippen molar-refractivity contribution in [2.45, 2.75) is 52.1 Å². The van der Waals surface area contributed by atoms with Crippen LogP contribution < -0.4 is 5.32 Å². The lowest BCUT2D eigenvalue weighted by Gasteiger charge is -2.25. The zero-order valence-electron chi connectivity index (χ0n) is 20.2. The number of hydrogen-bond donors (Lipinski definition) is 1. The van der Waals surface area contributed by atoms with Gasteiger partial charge in [-0.1, -0.05) is 75.6 Å². The van der Waals surface area contributed by atoms with Gasteiger partial charge in [0.25, 0.3) is 0 Å². The van der Waals surface area contributed by atoms with E-state index in [0.717, 1.165) is 26.7 Å². The number of sulfonamides is 1. The Bertz CT molecular complexity index is 1260. The lowest BCUT2D eigenvalue weighted by atomic mass is 10.1. The average Bonchev–Trinajstić information content (AvgIpc) is 2.73. The quantitative estimate of drug-likeness (QED) is 0.394. The van der Waals surface area contributed by atoms with Crippen LogP contribution in [-0.4, -0.2) is 25.2 Å². The Kier molecular flexibility index (Phi) is 8.34. The summed E-state index contributed by atoms with van der Waals surface area (Å²) in [7, 11) is -3.92. The molecule has 1 amide bonds. The Hall–Kier alpha value is -2.48. The van der Waals surface area contributed by atoms with Crippen LogP contribution in [0.4, 0.5) is 0 Å². The molecule has 0 unspecified atom stereocenters. The van der Waals surface area contributed by atoms with Crippen LogP contribution in [-0.2, 0) is 21.4 Å². The Morgan fingerprint density at radius 2 is 1.56 bits per heavy atom. The van der Waals surface area contributed by atoms with Gasteiger partial charge in [0, 0.05) is 11.0 Å². The van der Waals surface area contributed by atoms with Crippen LogP contribution >= 0.6 is 15.9 Å². The predicted octanol–water partition coefficient (Wildman–Crippen LogP) is 5.75. The van der Waals surface area contributed by atoms with Gasteiger partial charge in [0.15, 0.2) is 0 Å². The highest BCUT2D eigenvalue weighted by Crippen LogP contribution is 2.27. The first-order valence-corrected chi connectivity index (χ1v) is 13.4. The highest BCUT2D eigenvalue weighted by molar-refractivity contribution is 9.10. The second-order valence-electron chi connectivity index (χ2n) is 8.83. The standard InChI is InChI=1S/C27H31BrN2O3S/c1-18-9-11-23(12-10-18)16-30(34(32,33)27-20(3)13-19(2)14-21(27)4)17-26(31)29-22(5)24-7-6-8-25(28)15-24/h6-15,22H,16-17H2,1-5H3,(H,29,31)/t22-/m0/s1. The fourth-order valence-electron chi connectivity index (χ4n) is 4.13. The maximum absolute atomic E-state index is 13.8. The molecule has 1 atom stereocenters. The van der Waals surface area contributed by atoms with Gasteiger partial charge in [-0.2, -0.15) is 4.31 Å².